The molecule has 2 aromatic carbocycles. The molecule has 0 heterocycles. The van der Waals surface area contributed by atoms with Crippen LogP contribution in [0.2, 0.25) is 0 Å². The highest BCUT2D eigenvalue weighted by atomic mass is 31.1. The third-order valence-electron chi connectivity index (χ3n) is 2.50. The van der Waals surface area contributed by atoms with Gasteiger partial charge in [-0.15, -0.1) is 18.5 Å². The zero-order valence-corrected chi connectivity index (χ0v) is 10.7. The molecule has 0 N–H and O–H groups in total. The number of benzene rings is 2. The molecule has 2 rings (SSSR count). The first kappa shape index (κ1) is 10.8. The summed E-state index contributed by atoms with van der Waals surface area (Å²) in [5.41, 5.74) is 2.57. The quantitative estimate of drug-likeness (QED) is 0.693. The topological polar surface area (TPSA) is 0 Å². The van der Waals surface area contributed by atoms with Gasteiger partial charge in [0.25, 0.3) is 0 Å². The molecular formula is C13H14P2. The molecular weight excluding hydrogens is 218 g/mol. The van der Waals surface area contributed by atoms with Crippen molar-refractivity contribution >= 4 is 18.5 Å². The second kappa shape index (κ2) is 4.44. The van der Waals surface area contributed by atoms with Gasteiger partial charge < -0.3 is 0 Å². The van der Waals surface area contributed by atoms with Crippen molar-refractivity contribution in [2.45, 2.75) is 4.90 Å². The van der Waals surface area contributed by atoms with E-state index in [2.05, 4.69) is 67.0 Å². The summed E-state index contributed by atoms with van der Waals surface area (Å²) < 4.78 is 0. The lowest BCUT2D eigenvalue weighted by Gasteiger charge is -2.25. The van der Waals surface area contributed by atoms with Crippen molar-refractivity contribution in [3.05, 3.63) is 71.8 Å². The maximum Gasteiger partial charge on any atom is 0.0482 e. The number of hydrogen-bond acceptors (Lipinski definition) is 0. The van der Waals surface area contributed by atoms with Gasteiger partial charge in [-0.25, -0.2) is 0 Å². The summed E-state index contributed by atoms with van der Waals surface area (Å²) >= 11 is 0. The van der Waals surface area contributed by atoms with E-state index in [0.717, 1.165) is 0 Å². The molecule has 2 unspecified atom stereocenters. The van der Waals surface area contributed by atoms with E-state index in [-0.39, 0.29) is 4.90 Å². The lowest BCUT2D eigenvalue weighted by molar-refractivity contribution is 1.08. The van der Waals surface area contributed by atoms with E-state index in [1.165, 1.54) is 11.1 Å². The molecule has 2 aromatic rings. The third-order valence-corrected chi connectivity index (χ3v) is 3.84. The second-order valence-electron chi connectivity index (χ2n) is 3.60. The molecule has 2 atom stereocenters. The fourth-order valence-electron chi connectivity index (χ4n) is 1.59. The average Bonchev–Trinajstić information content (AvgIpc) is 2.31. The summed E-state index contributed by atoms with van der Waals surface area (Å²) in [6.07, 6.45) is 0. The zero-order valence-electron chi connectivity index (χ0n) is 8.43. The van der Waals surface area contributed by atoms with Crippen LogP contribution in [0.15, 0.2) is 60.7 Å². The largest absolute Gasteiger partial charge is 0.117 e. The van der Waals surface area contributed by atoms with Crippen molar-refractivity contribution in [1.82, 2.24) is 0 Å². The number of hydrogen-bond donors (Lipinski definition) is 0. The van der Waals surface area contributed by atoms with Gasteiger partial charge in [0.05, 0.1) is 0 Å². The molecule has 0 aliphatic heterocycles. The first-order valence-electron chi connectivity index (χ1n) is 4.90. The maximum absolute atomic E-state index is 2.91. The molecule has 2 heteroatoms. The Bertz CT molecular complexity index is 379. The predicted molar refractivity (Wildman–Crippen MR) is 73.1 cm³/mol. The van der Waals surface area contributed by atoms with Crippen LogP contribution in [-0.2, 0) is 4.90 Å². The van der Waals surface area contributed by atoms with Gasteiger partial charge in [0.15, 0.2) is 0 Å². The molecule has 0 aliphatic rings. The van der Waals surface area contributed by atoms with Crippen LogP contribution in [0.1, 0.15) is 11.1 Å². The average molecular weight is 232 g/mol. The van der Waals surface area contributed by atoms with Crippen LogP contribution in [0.4, 0.5) is 0 Å². The number of rotatable bonds is 2. The van der Waals surface area contributed by atoms with Gasteiger partial charge in [-0.1, -0.05) is 60.7 Å². The maximum atomic E-state index is 2.91. The van der Waals surface area contributed by atoms with Gasteiger partial charge in [0.1, 0.15) is 0 Å². The Morgan fingerprint density at radius 3 is 1.27 bits per heavy atom. The van der Waals surface area contributed by atoms with E-state index in [1.807, 2.05) is 12.1 Å². The van der Waals surface area contributed by atoms with Crippen LogP contribution >= 0.6 is 18.5 Å². The van der Waals surface area contributed by atoms with Gasteiger partial charge in [-0.3, -0.25) is 0 Å². The monoisotopic (exact) mass is 232 g/mol. The van der Waals surface area contributed by atoms with Crippen LogP contribution in [0, 0.1) is 0 Å². The van der Waals surface area contributed by atoms with E-state index in [1.54, 1.807) is 0 Å². The predicted octanol–water partition coefficient (Wildman–Crippen LogP) is 3.64. The zero-order chi connectivity index (χ0) is 10.7. The van der Waals surface area contributed by atoms with E-state index < -0.39 is 0 Å². The SMILES string of the molecule is PC(P)(c1ccccc1)c1ccccc1. The molecule has 0 spiro atoms. The molecule has 0 aromatic heterocycles. The Kier molecular flexibility index (Phi) is 3.19. The molecule has 0 radical (unpaired) electrons. The van der Waals surface area contributed by atoms with Crippen molar-refractivity contribution in [1.29, 1.82) is 0 Å². The second-order valence-corrected chi connectivity index (χ2v) is 6.09. The van der Waals surface area contributed by atoms with Crippen molar-refractivity contribution in [3.63, 3.8) is 0 Å². The molecule has 0 saturated heterocycles. The summed E-state index contributed by atoms with van der Waals surface area (Å²) in [6, 6.07) is 20.9. The highest BCUT2D eigenvalue weighted by Crippen LogP contribution is 2.44. The lowest BCUT2D eigenvalue weighted by Crippen LogP contribution is -2.09. The van der Waals surface area contributed by atoms with Crippen molar-refractivity contribution < 1.29 is 0 Å². The minimum atomic E-state index is -0.0808. The van der Waals surface area contributed by atoms with Crippen LogP contribution in [0.3, 0.4) is 0 Å². The van der Waals surface area contributed by atoms with E-state index in [9.17, 15) is 0 Å². The van der Waals surface area contributed by atoms with Crippen molar-refractivity contribution in [2.75, 3.05) is 0 Å². The summed E-state index contributed by atoms with van der Waals surface area (Å²) in [4.78, 5) is -0.0808. The van der Waals surface area contributed by atoms with Crippen molar-refractivity contribution in [2.24, 2.45) is 0 Å². The Labute approximate surface area is 95.5 Å². The molecule has 0 amide bonds. The van der Waals surface area contributed by atoms with Crippen LogP contribution in [0.5, 0.6) is 0 Å². The van der Waals surface area contributed by atoms with Crippen molar-refractivity contribution in [3.8, 4) is 0 Å². The lowest BCUT2D eigenvalue weighted by atomic mass is 10.0. The minimum absolute atomic E-state index is 0.0808. The first-order chi connectivity index (χ1) is 7.21. The fourth-order valence-corrected chi connectivity index (χ4v) is 2.36. The van der Waals surface area contributed by atoms with Crippen LogP contribution in [-0.4, -0.2) is 0 Å². The highest BCUT2D eigenvalue weighted by molar-refractivity contribution is 7.39. The summed E-state index contributed by atoms with van der Waals surface area (Å²) in [5, 5.41) is 0. The summed E-state index contributed by atoms with van der Waals surface area (Å²) in [5.74, 6) is 0. The molecule has 0 fully saturated rings. The molecule has 0 bridgehead atoms. The van der Waals surface area contributed by atoms with Crippen LogP contribution < -0.4 is 0 Å². The van der Waals surface area contributed by atoms with E-state index in [4.69, 9.17) is 0 Å². The summed E-state index contributed by atoms with van der Waals surface area (Å²) in [6.45, 7) is 0. The molecule has 76 valence electrons. The highest BCUT2D eigenvalue weighted by Gasteiger charge is 2.22. The van der Waals surface area contributed by atoms with Gasteiger partial charge in [-0.2, -0.15) is 0 Å². The molecule has 0 saturated carbocycles. The van der Waals surface area contributed by atoms with Gasteiger partial charge in [0.2, 0.25) is 0 Å². The Hall–Kier alpha value is -0.700. The third kappa shape index (κ3) is 2.28. The standard InChI is InChI=1S/C13H14P2/c14-13(15,11-7-3-1-4-8-11)12-9-5-2-6-10-12/h1-10H,14-15H2. The fraction of sp³-hybridized carbons (Fsp3) is 0.0769. The van der Waals surface area contributed by atoms with Gasteiger partial charge >= 0.3 is 0 Å². The molecule has 15 heavy (non-hydrogen) atoms. The molecule has 0 nitrogen and oxygen atoms in total. The Morgan fingerprint density at radius 2 is 0.933 bits per heavy atom. The van der Waals surface area contributed by atoms with Gasteiger partial charge in [0, 0.05) is 4.90 Å². The Balaban J connectivity index is 2.44. The van der Waals surface area contributed by atoms with E-state index >= 15 is 0 Å². The smallest absolute Gasteiger partial charge is 0.0482 e. The first-order valence-corrected chi connectivity index (χ1v) is 6.05. The minimum Gasteiger partial charge on any atom is -0.117 e. The normalized spacial score (nSPS) is 11.3. The molecule has 0 aliphatic carbocycles. The summed E-state index contributed by atoms with van der Waals surface area (Å²) in [7, 11) is 5.81. The van der Waals surface area contributed by atoms with E-state index in [0.29, 0.717) is 0 Å². The Morgan fingerprint density at radius 1 is 0.600 bits per heavy atom. The van der Waals surface area contributed by atoms with Gasteiger partial charge in [-0.05, 0) is 11.1 Å². The van der Waals surface area contributed by atoms with Crippen LogP contribution in [0.25, 0.3) is 0 Å².